The fourth-order valence-electron chi connectivity index (χ4n) is 1.57. The summed E-state index contributed by atoms with van der Waals surface area (Å²) < 4.78 is 12.3. The van der Waals surface area contributed by atoms with Crippen LogP contribution in [0.15, 0.2) is 16.6 Å². The van der Waals surface area contributed by atoms with E-state index in [-0.39, 0.29) is 5.41 Å². The molecular weight excluding hydrogens is 386 g/mol. The summed E-state index contributed by atoms with van der Waals surface area (Å²) in [6, 6.07) is 6.24. The second-order valence-corrected chi connectivity index (χ2v) is 6.48. The summed E-state index contributed by atoms with van der Waals surface area (Å²) >= 11 is 6.95. The maximum atomic E-state index is 9.01. The highest BCUT2D eigenvalue weighted by molar-refractivity contribution is 9.10. The van der Waals surface area contributed by atoms with Crippen molar-refractivity contribution in [2.24, 2.45) is 5.41 Å². The van der Waals surface area contributed by atoms with Gasteiger partial charge >= 0.3 is 0 Å². The van der Waals surface area contributed by atoms with Gasteiger partial charge in [-0.25, -0.2) is 0 Å². The lowest BCUT2D eigenvalue weighted by Gasteiger charge is -2.18. The van der Waals surface area contributed by atoms with E-state index in [9.17, 15) is 0 Å². The Labute approximate surface area is 137 Å². The van der Waals surface area contributed by atoms with Gasteiger partial charge in [-0.1, -0.05) is 15.9 Å². The minimum atomic E-state index is -0.381. The highest BCUT2D eigenvalue weighted by Gasteiger charge is 2.18. The first-order valence-corrected chi connectivity index (χ1v) is 8.40. The third kappa shape index (κ3) is 4.99. The van der Waals surface area contributed by atoms with Crippen molar-refractivity contribution in [1.29, 1.82) is 5.26 Å². The molecular formula is C15H19Br2NO2. The first-order valence-electron chi connectivity index (χ1n) is 6.48. The van der Waals surface area contributed by atoms with Gasteiger partial charge in [-0.2, -0.15) is 5.26 Å². The van der Waals surface area contributed by atoms with E-state index in [1.165, 1.54) is 0 Å². The number of halogens is 2. The Bertz CT molecular complexity index is 495. The molecule has 0 aromatic heterocycles. The summed E-state index contributed by atoms with van der Waals surface area (Å²) in [4.78, 5) is 0. The Kier molecular flexibility index (Phi) is 6.84. The van der Waals surface area contributed by atoms with Gasteiger partial charge in [0, 0.05) is 5.33 Å². The van der Waals surface area contributed by atoms with E-state index < -0.39 is 0 Å². The van der Waals surface area contributed by atoms with E-state index in [0.29, 0.717) is 25.4 Å². The highest BCUT2D eigenvalue weighted by Crippen LogP contribution is 2.38. The van der Waals surface area contributed by atoms with Gasteiger partial charge in [-0.05, 0) is 60.8 Å². The fourth-order valence-corrected chi connectivity index (χ4v) is 2.49. The smallest absolute Gasteiger partial charge is 0.175 e. The number of rotatable bonds is 7. The number of hydrogen-bond donors (Lipinski definition) is 0. The normalized spacial score (nSPS) is 11.0. The first kappa shape index (κ1) is 17.3. The van der Waals surface area contributed by atoms with Crippen LogP contribution in [0.1, 0.15) is 32.8 Å². The van der Waals surface area contributed by atoms with E-state index in [1.54, 1.807) is 0 Å². The zero-order chi connectivity index (χ0) is 15.2. The molecule has 1 aromatic carbocycles. The fraction of sp³-hybridized carbons (Fsp3) is 0.533. The van der Waals surface area contributed by atoms with E-state index >= 15 is 0 Å². The summed E-state index contributed by atoms with van der Waals surface area (Å²) in [6.45, 7) is 6.81. The van der Waals surface area contributed by atoms with Crippen LogP contribution in [0, 0.1) is 16.7 Å². The molecule has 0 amide bonds. The maximum Gasteiger partial charge on any atom is 0.175 e. The molecule has 0 unspecified atom stereocenters. The third-order valence-electron chi connectivity index (χ3n) is 2.80. The molecule has 110 valence electrons. The lowest BCUT2D eigenvalue weighted by molar-refractivity contribution is 0.243. The predicted molar refractivity (Wildman–Crippen MR) is 87.4 cm³/mol. The lowest BCUT2D eigenvalue weighted by atomic mass is 9.92. The summed E-state index contributed by atoms with van der Waals surface area (Å²) in [5, 5.41) is 9.77. The molecule has 0 atom stereocenters. The van der Waals surface area contributed by atoms with Gasteiger partial charge in [-0.15, -0.1) is 0 Å². The molecule has 1 aromatic rings. The van der Waals surface area contributed by atoms with Crippen LogP contribution in [0.2, 0.25) is 0 Å². The number of hydrogen-bond acceptors (Lipinski definition) is 3. The van der Waals surface area contributed by atoms with E-state index in [1.807, 2.05) is 32.9 Å². The van der Waals surface area contributed by atoms with Crippen molar-refractivity contribution < 1.29 is 9.47 Å². The Morgan fingerprint density at radius 3 is 2.55 bits per heavy atom. The average molecular weight is 405 g/mol. The number of nitrogens with zero attached hydrogens (tertiary/aromatic N) is 1. The molecule has 0 bridgehead atoms. The van der Waals surface area contributed by atoms with Crippen molar-refractivity contribution in [3.8, 4) is 17.6 Å². The van der Waals surface area contributed by atoms with Gasteiger partial charge in [0.2, 0.25) is 0 Å². The zero-order valence-electron chi connectivity index (χ0n) is 12.0. The quantitative estimate of drug-likeness (QED) is 0.596. The van der Waals surface area contributed by atoms with Crippen LogP contribution in [0.25, 0.3) is 0 Å². The second-order valence-electron chi connectivity index (χ2n) is 5.07. The second kappa shape index (κ2) is 7.90. The number of benzene rings is 1. The molecule has 20 heavy (non-hydrogen) atoms. The molecule has 0 aliphatic rings. The Morgan fingerprint density at radius 2 is 2.00 bits per heavy atom. The number of nitriles is 1. The Hall–Kier alpha value is -0.730. The molecule has 0 radical (unpaired) electrons. The van der Waals surface area contributed by atoms with Crippen LogP contribution in [0.5, 0.6) is 11.5 Å². The van der Waals surface area contributed by atoms with Gasteiger partial charge in [0.05, 0.1) is 29.2 Å². The molecule has 0 aliphatic heterocycles. The summed E-state index contributed by atoms with van der Waals surface area (Å²) in [5.41, 5.74) is 0.735. The Balaban J connectivity index is 2.85. The van der Waals surface area contributed by atoms with Crippen LogP contribution >= 0.6 is 31.9 Å². The molecule has 0 spiro atoms. The van der Waals surface area contributed by atoms with Crippen LogP contribution in [0.4, 0.5) is 0 Å². The van der Waals surface area contributed by atoms with E-state index in [4.69, 9.17) is 14.7 Å². The largest absolute Gasteiger partial charge is 0.490 e. The molecule has 5 heteroatoms. The van der Waals surface area contributed by atoms with Crippen molar-refractivity contribution >= 4 is 31.9 Å². The van der Waals surface area contributed by atoms with Crippen LogP contribution in [0.3, 0.4) is 0 Å². The van der Waals surface area contributed by atoms with Crippen LogP contribution in [-0.2, 0) is 5.33 Å². The molecule has 0 aliphatic carbocycles. The topological polar surface area (TPSA) is 42.2 Å². The molecule has 0 heterocycles. The summed E-state index contributed by atoms with van der Waals surface area (Å²) in [6.07, 6.45) is 0.668. The highest BCUT2D eigenvalue weighted by atomic mass is 79.9. The van der Waals surface area contributed by atoms with E-state index in [0.717, 1.165) is 21.1 Å². The van der Waals surface area contributed by atoms with Gasteiger partial charge in [-0.3, -0.25) is 0 Å². The maximum absolute atomic E-state index is 9.01. The monoisotopic (exact) mass is 403 g/mol. The Morgan fingerprint density at radius 1 is 1.30 bits per heavy atom. The van der Waals surface area contributed by atoms with Crippen molar-refractivity contribution in [3.63, 3.8) is 0 Å². The van der Waals surface area contributed by atoms with E-state index in [2.05, 4.69) is 37.9 Å². The SMILES string of the molecule is CCOc1cc(CBr)cc(Br)c1OCCC(C)(C)C#N. The summed E-state index contributed by atoms with van der Waals surface area (Å²) in [5.74, 6) is 1.43. The lowest BCUT2D eigenvalue weighted by Crippen LogP contribution is -2.13. The third-order valence-corrected chi connectivity index (χ3v) is 4.04. The van der Waals surface area contributed by atoms with Crippen molar-refractivity contribution in [3.05, 3.63) is 22.2 Å². The van der Waals surface area contributed by atoms with Gasteiger partial charge in [0.1, 0.15) is 0 Å². The van der Waals surface area contributed by atoms with Crippen molar-refractivity contribution in [2.45, 2.75) is 32.5 Å². The van der Waals surface area contributed by atoms with Crippen molar-refractivity contribution in [1.82, 2.24) is 0 Å². The molecule has 1 rings (SSSR count). The average Bonchev–Trinajstić information content (AvgIpc) is 2.41. The number of ether oxygens (including phenoxy) is 2. The molecule has 0 N–H and O–H groups in total. The predicted octanol–water partition coefficient (Wildman–Crippen LogP) is 5.06. The van der Waals surface area contributed by atoms with Crippen molar-refractivity contribution in [2.75, 3.05) is 13.2 Å². The molecule has 0 fully saturated rings. The molecule has 3 nitrogen and oxygen atoms in total. The standard InChI is InChI=1S/C15H19Br2NO2/c1-4-19-13-8-11(9-16)7-12(17)14(13)20-6-5-15(2,3)10-18/h7-8H,4-6,9H2,1-3H3. The minimum absolute atomic E-state index is 0.381. The zero-order valence-corrected chi connectivity index (χ0v) is 15.2. The van der Waals surface area contributed by atoms with Gasteiger partial charge in [0.25, 0.3) is 0 Å². The van der Waals surface area contributed by atoms with Gasteiger partial charge < -0.3 is 9.47 Å². The van der Waals surface area contributed by atoms with Crippen LogP contribution in [-0.4, -0.2) is 13.2 Å². The molecule has 0 saturated carbocycles. The summed E-state index contributed by atoms with van der Waals surface area (Å²) in [7, 11) is 0. The first-order chi connectivity index (χ1) is 9.43. The molecule has 0 saturated heterocycles. The minimum Gasteiger partial charge on any atom is -0.490 e. The van der Waals surface area contributed by atoms with Gasteiger partial charge in [0.15, 0.2) is 11.5 Å². The number of alkyl halides is 1. The van der Waals surface area contributed by atoms with Crippen LogP contribution < -0.4 is 9.47 Å².